The van der Waals surface area contributed by atoms with Crippen molar-refractivity contribution in [2.24, 2.45) is 0 Å². The van der Waals surface area contributed by atoms with Crippen LogP contribution in [0.4, 0.5) is 13.6 Å². The Morgan fingerprint density at radius 2 is 2.00 bits per heavy atom. The van der Waals surface area contributed by atoms with E-state index in [4.69, 9.17) is 4.74 Å². The lowest BCUT2D eigenvalue weighted by Crippen LogP contribution is -2.32. The summed E-state index contributed by atoms with van der Waals surface area (Å²) < 4.78 is 30.4. The minimum Gasteiger partial charge on any atom is -0.444 e. The van der Waals surface area contributed by atoms with E-state index in [1.807, 2.05) is 0 Å². The van der Waals surface area contributed by atoms with Gasteiger partial charge in [0, 0.05) is 11.1 Å². The van der Waals surface area contributed by atoms with Crippen LogP contribution in [0.3, 0.4) is 0 Å². The van der Waals surface area contributed by atoms with Gasteiger partial charge in [-0.1, -0.05) is 30.0 Å². The standard InChI is InChI=1S/C15H17F2NO2/c1-15(2,3)20-14(19)18-10-6-8-11-7-4-5-9-12(11)13(16)17/h4-5,7,9,13H,10H2,1-3H3,(H,18,19). The van der Waals surface area contributed by atoms with Gasteiger partial charge in [-0.3, -0.25) is 0 Å². The largest absolute Gasteiger partial charge is 0.444 e. The average molecular weight is 281 g/mol. The SMILES string of the molecule is CC(C)(C)OC(=O)NCC#Cc1ccccc1C(F)F. The predicted molar refractivity (Wildman–Crippen MR) is 72.5 cm³/mol. The third-order valence-electron chi connectivity index (χ3n) is 2.14. The van der Waals surface area contributed by atoms with E-state index in [0.29, 0.717) is 0 Å². The van der Waals surface area contributed by atoms with E-state index >= 15 is 0 Å². The first kappa shape index (κ1) is 16.0. The smallest absolute Gasteiger partial charge is 0.408 e. The number of amides is 1. The average Bonchev–Trinajstić information content (AvgIpc) is 2.33. The summed E-state index contributed by atoms with van der Waals surface area (Å²) in [6, 6.07) is 6.01. The molecule has 20 heavy (non-hydrogen) atoms. The lowest BCUT2D eigenvalue weighted by molar-refractivity contribution is 0.0535. The van der Waals surface area contributed by atoms with Crippen LogP contribution in [0.2, 0.25) is 0 Å². The van der Waals surface area contributed by atoms with Gasteiger partial charge < -0.3 is 10.1 Å². The molecule has 0 aliphatic carbocycles. The van der Waals surface area contributed by atoms with Crippen molar-refractivity contribution in [2.75, 3.05) is 6.54 Å². The first-order chi connectivity index (χ1) is 9.29. The van der Waals surface area contributed by atoms with E-state index in [2.05, 4.69) is 17.2 Å². The first-order valence-corrected chi connectivity index (χ1v) is 6.12. The van der Waals surface area contributed by atoms with E-state index in [1.54, 1.807) is 26.8 Å². The van der Waals surface area contributed by atoms with E-state index in [0.717, 1.165) is 0 Å². The van der Waals surface area contributed by atoms with Gasteiger partial charge >= 0.3 is 6.09 Å². The Bertz CT molecular complexity index is 525. The zero-order chi connectivity index (χ0) is 15.2. The Morgan fingerprint density at radius 3 is 2.60 bits per heavy atom. The molecular weight excluding hydrogens is 264 g/mol. The number of hydrogen-bond acceptors (Lipinski definition) is 2. The fourth-order valence-corrected chi connectivity index (χ4v) is 1.37. The Balaban J connectivity index is 2.58. The summed E-state index contributed by atoms with van der Waals surface area (Å²) in [6.45, 7) is 5.28. The molecule has 0 heterocycles. The second-order valence-electron chi connectivity index (χ2n) is 5.05. The topological polar surface area (TPSA) is 38.3 Å². The Morgan fingerprint density at radius 1 is 1.35 bits per heavy atom. The molecular formula is C15H17F2NO2. The maximum Gasteiger partial charge on any atom is 0.408 e. The van der Waals surface area contributed by atoms with Crippen molar-refractivity contribution in [3.05, 3.63) is 35.4 Å². The summed E-state index contributed by atoms with van der Waals surface area (Å²) in [5, 5.41) is 2.44. The van der Waals surface area contributed by atoms with E-state index in [1.165, 1.54) is 18.2 Å². The number of rotatable bonds is 2. The van der Waals surface area contributed by atoms with E-state index in [9.17, 15) is 13.6 Å². The Labute approximate surface area is 117 Å². The molecule has 0 aromatic heterocycles. The summed E-state index contributed by atoms with van der Waals surface area (Å²) >= 11 is 0. The van der Waals surface area contributed by atoms with Crippen molar-refractivity contribution in [1.29, 1.82) is 0 Å². The molecule has 0 saturated carbocycles. The number of hydrogen-bond donors (Lipinski definition) is 1. The van der Waals surface area contributed by atoms with Crippen molar-refractivity contribution in [3.8, 4) is 11.8 Å². The van der Waals surface area contributed by atoms with Gasteiger partial charge in [-0.05, 0) is 26.8 Å². The van der Waals surface area contributed by atoms with Gasteiger partial charge in [0.2, 0.25) is 0 Å². The molecule has 0 spiro atoms. The molecule has 1 rings (SSSR count). The van der Waals surface area contributed by atoms with Gasteiger partial charge in [-0.15, -0.1) is 0 Å². The van der Waals surface area contributed by atoms with Gasteiger partial charge in [0.15, 0.2) is 0 Å². The van der Waals surface area contributed by atoms with Gasteiger partial charge in [0.1, 0.15) is 5.60 Å². The molecule has 108 valence electrons. The molecule has 0 unspecified atom stereocenters. The van der Waals surface area contributed by atoms with Gasteiger partial charge in [0.05, 0.1) is 6.54 Å². The molecule has 0 saturated heterocycles. The highest BCUT2D eigenvalue weighted by Gasteiger charge is 2.15. The fraction of sp³-hybridized carbons (Fsp3) is 0.400. The number of carbonyl (C=O) groups excluding carboxylic acids is 1. The zero-order valence-corrected chi connectivity index (χ0v) is 11.7. The molecule has 1 amide bonds. The van der Waals surface area contributed by atoms with Crippen molar-refractivity contribution in [1.82, 2.24) is 5.32 Å². The molecule has 1 aromatic carbocycles. The monoisotopic (exact) mass is 281 g/mol. The van der Waals surface area contributed by atoms with E-state index in [-0.39, 0.29) is 17.7 Å². The van der Waals surface area contributed by atoms with Crippen LogP contribution >= 0.6 is 0 Å². The summed E-state index contributed by atoms with van der Waals surface area (Å²) in [7, 11) is 0. The van der Waals surface area contributed by atoms with Crippen LogP contribution in [0.1, 0.15) is 38.3 Å². The number of nitrogens with one attached hydrogen (secondary N) is 1. The van der Waals surface area contributed by atoms with Crippen molar-refractivity contribution in [2.45, 2.75) is 32.8 Å². The van der Waals surface area contributed by atoms with Crippen LogP contribution in [0.25, 0.3) is 0 Å². The maximum atomic E-state index is 12.7. The molecule has 1 aromatic rings. The highest BCUT2D eigenvalue weighted by Crippen LogP contribution is 2.21. The van der Waals surface area contributed by atoms with Crippen LogP contribution in [0.15, 0.2) is 24.3 Å². The van der Waals surface area contributed by atoms with Crippen molar-refractivity contribution in [3.63, 3.8) is 0 Å². The van der Waals surface area contributed by atoms with Gasteiger partial charge in [-0.25, -0.2) is 13.6 Å². The Kier molecular flexibility index (Phi) is 5.51. The van der Waals surface area contributed by atoms with Gasteiger partial charge in [0.25, 0.3) is 6.43 Å². The maximum absolute atomic E-state index is 12.7. The third kappa shape index (κ3) is 5.70. The number of benzene rings is 1. The minimum absolute atomic E-state index is 0.0342. The number of alkyl carbamates (subject to hydrolysis) is 1. The number of carbonyl (C=O) groups is 1. The molecule has 0 aliphatic rings. The second-order valence-corrected chi connectivity index (χ2v) is 5.05. The highest BCUT2D eigenvalue weighted by molar-refractivity contribution is 5.68. The molecule has 3 nitrogen and oxygen atoms in total. The summed E-state index contributed by atoms with van der Waals surface area (Å²) in [5.74, 6) is 5.23. The van der Waals surface area contributed by atoms with Crippen LogP contribution in [-0.4, -0.2) is 18.2 Å². The minimum atomic E-state index is -2.57. The second kappa shape index (κ2) is 6.90. The first-order valence-electron chi connectivity index (χ1n) is 6.12. The van der Waals surface area contributed by atoms with Gasteiger partial charge in [-0.2, -0.15) is 0 Å². The number of alkyl halides is 2. The number of halogens is 2. The molecule has 0 bridgehead atoms. The van der Waals surface area contributed by atoms with Crippen LogP contribution in [0.5, 0.6) is 0 Å². The van der Waals surface area contributed by atoms with Crippen LogP contribution in [0, 0.1) is 11.8 Å². The predicted octanol–water partition coefficient (Wildman–Crippen LogP) is 3.50. The molecule has 0 fully saturated rings. The quantitative estimate of drug-likeness (QED) is 0.843. The lowest BCUT2D eigenvalue weighted by Gasteiger charge is -2.19. The molecule has 0 atom stereocenters. The zero-order valence-electron chi connectivity index (χ0n) is 11.7. The molecule has 0 radical (unpaired) electrons. The summed E-state index contributed by atoms with van der Waals surface area (Å²) in [6.07, 6.45) is -3.16. The fourth-order valence-electron chi connectivity index (χ4n) is 1.37. The lowest BCUT2D eigenvalue weighted by atomic mass is 10.1. The molecule has 0 aliphatic heterocycles. The third-order valence-corrected chi connectivity index (χ3v) is 2.14. The van der Waals surface area contributed by atoms with Crippen LogP contribution < -0.4 is 5.32 Å². The normalized spacial score (nSPS) is 10.7. The highest BCUT2D eigenvalue weighted by atomic mass is 19.3. The number of ether oxygens (including phenoxy) is 1. The van der Waals surface area contributed by atoms with Crippen LogP contribution in [-0.2, 0) is 4.74 Å². The van der Waals surface area contributed by atoms with E-state index < -0.39 is 18.1 Å². The van der Waals surface area contributed by atoms with Crippen molar-refractivity contribution >= 4 is 6.09 Å². The Hall–Kier alpha value is -2.09. The summed E-state index contributed by atoms with van der Waals surface area (Å²) in [4.78, 5) is 11.3. The van der Waals surface area contributed by atoms with Crippen molar-refractivity contribution < 1.29 is 18.3 Å². The molecule has 5 heteroatoms. The molecule has 1 N–H and O–H groups in total. The summed E-state index contributed by atoms with van der Waals surface area (Å²) in [5.41, 5.74) is -0.439.